The number of carbonyl (C=O) groups excluding carboxylic acids is 1. The minimum absolute atomic E-state index is 0.244. The Labute approximate surface area is 185 Å². The zero-order valence-corrected chi connectivity index (χ0v) is 18.2. The molecule has 3 rings (SSSR count). The summed E-state index contributed by atoms with van der Waals surface area (Å²) in [5, 5.41) is 3.24. The van der Waals surface area contributed by atoms with Gasteiger partial charge >= 0.3 is 0 Å². The van der Waals surface area contributed by atoms with E-state index in [0.29, 0.717) is 22.2 Å². The summed E-state index contributed by atoms with van der Waals surface area (Å²) in [5.74, 6) is 0.295. The van der Waals surface area contributed by atoms with Crippen LogP contribution in [-0.2, 0) is 14.8 Å². The lowest BCUT2D eigenvalue weighted by Crippen LogP contribution is -2.37. The molecule has 0 aliphatic heterocycles. The SMILES string of the molecule is CS(=O)(=O)N(CC(=O)Nc1ccc(Cl)c(Cl)c1)c1ccccc1Oc1ccccc1. The molecule has 0 bridgehead atoms. The van der Waals surface area contributed by atoms with Crippen molar-refractivity contribution in [3.8, 4) is 11.5 Å². The highest BCUT2D eigenvalue weighted by atomic mass is 35.5. The number of halogens is 2. The van der Waals surface area contributed by atoms with Crippen LogP contribution in [0.3, 0.4) is 0 Å². The van der Waals surface area contributed by atoms with Gasteiger partial charge in [0.15, 0.2) is 5.75 Å². The van der Waals surface area contributed by atoms with Crippen LogP contribution < -0.4 is 14.4 Å². The van der Waals surface area contributed by atoms with Crippen LogP contribution in [0.25, 0.3) is 0 Å². The van der Waals surface area contributed by atoms with Crippen LogP contribution in [0, 0.1) is 0 Å². The van der Waals surface area contributed by atoms with Crippen LogP contribution in [0.1, 0.15) is 0 Å². The van der Waals surface area contributed by atoms with Crippen LogP contribution >= 0.6 is 23.2 Å². The van der Waals surface area contributed by atoms with Crippen molar-refractivity contribution in [1.82, 2.24) is 0 Å². The number of amides is 1. The van der Waals surface area contributed by atoms with E-state index < -0.39 is 22.5 Å². The van der Waals surface area contributed by atoms with Gasteiger partial charge in [0, 0.05) is 5.69 Å². The molecule has 6 nitrogen and oxygen atoms in total. The summed E-state index contributed by atoms with van der Waals surface area (Å²) in [5.41, 5.74) is 0.643. The molecule has 0 heterocycles. The maximum atomic E-state index is 12.6. The van der Waals surface area contributed by atoms with E-state index in [2.05, 4.69) is 5.32 Å². The van der Waals surface area contributed by atoms with Crippen LogP contribution in [0.2, 0.25) is 10.0 Å². The molecule has 3 aromatic carbocycles. The van der Waals surface area contributed by atoms with E-state index in [1.807, 2.05) is 6.07 Å². The average Bonchev–Trinajstić information content (AvgIpc) is 2.70. The predicted molar refractivity (Wildman–Crippen MR) is 120 cm³/mol. The number of sulfonamides is 1. The molecule has 0 saturated heterocycles. The summed E-state index contributed by atoms with van der Waals surface area (Å²) in [4.78, 5) is 12.6. The van der Waals surface area contributed by atoms with Gasteiger partial charge in [-0.25, -0.2) is 8.42 Å². The first-order valence-electron chi connectivity index (χ1n) is 8.78. The quantitative estimate of drug-likeness (QED) is 0.521. The lowest BCUT2D eigenvalue weighted by atomic mass is 10.2. The first-order chi connectivity index (χ1) is 14.2. The van der Waals surface area contributed by atoms with E-state index in [-0.39, 0.29) is 10.7 Å². The second kappa shape index (κ2) is 9.38. The number of anilines is 2. The second-order valence-corrected chi connectivity index (χ2v) is 9.05. The third-order valence-electron chi connectivity index (χ3n) is 4.00. The maximum Gasteiger partial charge on any atom is 0.245 e. The van der Waals surface area contributed by atoms with Crippen molar-refractivity contribution < 1.29 is 17.9 Å². The molecule has 0 aliphatic carbocycles. The average molecular weight is 465 g/mol. The fraction of sp³-hybridized carbons (Fsp3) is 0.0952. The van der Waals surface area contributed by atoms with Crippen molar-refractivity contribution in [2.45, 2.75) is 0 Å². The molecule has 30 heavy (non-hydrogen) atoms. The van der Waals surface area contributed by atoms with Crippen LogP contribution in [-0.4, -0.2) is 27.1 Å². The predicted octanol–water partition coefficient (Wildman–Crippen LogP) is 5.19. The fourth-order valence-corrected chi connectivity index (χ4v) is 3.81. The third kappa shape index (κ3) is 5.66. The Morgan fingerprint density at radius 1 is 0.967 bits per heavy atom. The zero-order chi connectivity index (χ0) is 21.7. The van der Waals surface area contributed by atoms with E-state index in [1.54, 1.807) is 54.6 Å². The minimum atomic E-state index is -3.79. The maximum absolute atomic E-state index is 12.6. The molecule has 156 valence electrons. The smallest absolute Gasteiger partial charge is 0.245 e. The van der Waals surface area contributed by atoms with Gasteiger partial charge in [-0.2, -0.15) is 0 Å². The molecule has 0 spiro atoms. The number of benzene rings is 3. The van der Waals surface area contributed by atoms with Gasteiger partial charge in [0.25, 0.3) is 0 Å². The Balaban J connectivity index is 1.86. The molecule has 0 saturated carbocycles. The van der Waals surface area contributed by atoms with Gasteiger partial charge in [-0.3, -0.25) is 9.10 Å². The molecule has 0 unspecified atom stereocenters. The van der Waals surface area contributed by atoms with Crippen LogP contribution in [0.15, 0.2) is 72.8 Å². The second-order valence-electron chi connectivity index (χ2n) is 6.33. The topological polar surface area (TPSA) is 75.7 Å². The van der Waals surface area contributed by atoms with Crippen molar-refractivity contribution >= 4 is 50.5 Å². The van der Waals surface area contributed by atoms with Crippen molar-refractivity contribution in [3.05, 3.63) is 82.8 Å². The Hall–Kier alpha value is -2.74. The highest BCUT2D eigenvalue weighted by Crippen LogP contribution is 2.33. The van der Waals surface area contributed by atoms with Crippen molar-refractivity contribution in [1.29, 1.82) is 0 Å². The molecule has 9 heteroatoms. The molecule has 1 N–H and O–H groups in total. The first-order valence-corrected chi connectivity index (χ1v) is 11.4. The molecule has 0 aromatic heterocycles. The Morgan fingerprint density at radius 2 is 1.63 bits per heavy atom. The van der Waals surface area contributed by atoms with Gasteiger partial charge in [-0.15, -0.1) is 0 Å². The van der Waals surface area contributed by atoms with Gasteiger partial charge in [0.1, 0.15) is 12.3 Å². The summed E-state index contributed by atoms with van der Waals surface area (Å²) in [6.45, 7) is -0.450. The lowest BCUT2D eigenvalue weighted by molar-refractivity contribution is -0.114. The molecular weight excluding hydrogens is 447 g/mol. The van der Waals surface area contributed by atoms with E-state index in [9.17, 15) is 13.2 Å². The first kappa shape index (κ1) is 22.0. The van der Waals surface area contributed by atoms with Gasteiger partial charge in [0.05, 0.1) is 22.0 Å². The Bertz CT molecular complexity index is 1150. The molecule has 1 amide bonds. The number of hydrogen-bond acceptors (Lipinski definition) is 4. The summed E-state index contributed by atoms with van der Waals surface area (Å²) in [7, 11) is -3.79. The molecule has 0 aliphatic rings. The summed E-state index contributed by atoms with van der Waals surface area (Å²) < 4.78 is 31.8. The number of ether oxygens (including phenoxy) is 1. The highest BCUT2D eigenvalue weighted by molar-refractivity contribution is 7.92. The Morgan fingerprint density at radius 3 is 2.30 bits per heavy atom. The number of carbonyl (C=O) groups is 1. The van der Waals surface area contributed by atoms with Gasteiger partial charge in [-0.1, -0.05) is 53.5 Å². The largest absolute Gasteiger partial charge is 0.455 e. The van der Waals surface area contributed by atoms with Crippen LogP contribution in [0.5, 0.6) is 11.5 Å². The third-order valence-corrected chi connectivity index (χ3v) is 5.86. The number of hydrogen-bond donors (Lipinski definition) is 1. The number of rotatable bonds is 7. The highest BCUT2D eigenvalue weighted by Gasteiger charge is 2.24. The lowest BCUT2D eigenvalue weighted by Gasteiger charge is -2.24. The van der Waals surface area contributed by atoms with E-state index in [0.717, 1.165) is 10.6 Å². The van der Waals surface area contributed by atoms with Crippen molar-refractivity contribution in [2.75, 3.05) is 22.4 Å². The molecular formula is C21H18Cl2N2O4S. The van der Waals surface area contributed by atoms with Crippen LogP contribution in [0.4, 0.5) is 11.4 Å². The monoisotopic (exact) mass is 464 g/mol. The Kier molecular flexibility index (Phi) is 6.87. The van der Waals surface area contributed by atoms with Gasteiger partial charge in [-0.05, 0) is 42.5 Å². The molecule has 0 fully saturated rings. The van der Waals surface area contributed by atoms with E-state index in [1.165, 1.54) is 12.1 Å². The van der Waals surface area contributed by atoms with Crippen molar-refractivity contribution in [3.63, 3.8) is 0 Å². The van der Waals surface area contributed by atoms with E-state index >= 15 is 0 Å². The van der Waals surface area contributed by atoms with Gasteiger partial charge in [0.2, 0.25) is 15.9 Å². The normalized spacial score (nSPS) is 11.0. The zero-order valence-electron chi connectivity index (χ0n) is 15.9. The van der Waals surface area contributed by atoms with Crippen molar-refractivity contribution in [2.24, 2.45) is 0 Å². The number of para-hydroxylation sites is 3. The fourth-order valence-electron chi connectivity index (χ4n) is 2.65. The molecule has 3 aromatic rings. The minimum Gasteiger partial charge on any atom is -0.455 e. The number of nitrogens with one attached hydrogen (secondary N) is 1. The van der Waals surface area contributed by atoms with Gasteiger partial charge < -0.3 is 10.1 Å². The summed E-state index contributed by atoms with van der Waals surface area (Å²) in [6, 6.07) is 20.1. The number of nitrogens with zero attached hydrogens (tertiary/aromatic N) is 1. The standard InChI is InChI=1S/C21H18Cl2N2O4S/c1-30(27,28)25(14-21(26)24-15-11-12-17(22)18(23)13-15)19-9-5-6-10-20(19)29-16-7-3-2-4-8-16/h2-13H,14H2,1H3,(H,24,26). The summed E-state index contributed by atoms with van der Waals surface area (Å²) in [6.07, 6.45) is 1.03. The van der Waals surface area contributed by atoms with E-state index in [4.69, 9.17) is 27.9 Å². The molecule has 0 radical (unpaired) electrons. The summed E-state index contributed by atoms with van der Waals surface area (Å²) >= 11 is 11.8. The molecule has 0 atom stereocenters.